The van der Waals surface area contributed by atoms with Crippen LogP contribution in [0, 0.1) is 0 Å². The van der Waals surface area contributed by atoms with Gasteiger partial charge in [0.15, 0.2) is 0 Å². The lowest BCUT2D eigenvalue weighted by Crippen LogP contribution is -1.61. The molecule has 0 atom stereocenters. The minimum absolute atomic E-state index is 1.23. The van der Waals surface area contributed by atoms with Crippen molar-refractivity contribution in [2.24, 2.45) is 0 Å². The van der Waals surface area contributed by atoms with Gasteiger partial charge in [0.25, 0.3) is 0 Å². The third-order valence-electron chi connectivity index (χ3n) is 0.627. The Balaban J connectivity index is 2.08. The minimum Gasteiger partial charge on any atom is -0.190 e. The van der Waals surface area contributed by atoms with Crippen molar-refractivity contribution in [3.63, 3.8) is 0 Å². The zero-order valence-electron chi connectivity index (χ0n) is 3.03. The molecule has 1 saturated heterocycles. The van der Waals surface area contributed by atoms with Gasteiger partial charge in [0.1, 0.15) is 8.67 Å². The zero-order valence-corrected chi connectivity index (χ0v) is 4.85. The van der Waals surface area contributed by atoms with Crippen LogP contribution in [-0.2, 0) is 0 Å². The lowest BCUT2D eigenvalue weighted by atomic mass is 10.6. The highest BCUT2D eigenvalue weighted by Crippen LogP contribution is 2.13. The molecule has 1 fully saturated rings. The molecule has 0 aromatic rings. The van der Waals surface area contributed by atoms with Gasteiger partial charge in [-0.15, -0.1) is 0 Å². The summed E-state index contributed by atoms with van der Waals surface area (Å²) in [6, 6.07) is 1.49. The molecule has 0 bridgehead atoms. The number of hydrogen-bond acceptors (Lipinski definition) is 1. The summed E-state index contributed by atoms with van der Waals surface area (Å²) >= 11 is 2.10. The van der Waals surface area contributed by atoms with Crippen LogP contribution >= 0.6 is 11.2 Å². The largest absolute Gasteiger partial charge is 0.190 e. The van der Waals surface area contributed by atoms with E-state index in [1.165, 1.54) is 26.9 Å². The van der Waals surface area contributed by atoms with Crippen molar-refractivity contribution in [1.29, 1.82) is 0 Å². The van der Waals surface area contributed by atoms with Crippen molar-refractivity contribution in [2.45, 2.75) is 12.5 Å². The maximum absolute atomic E-state index is 2.10. The molecule has 0 amide bonds. The molecular formula is C3H6SSi. The third kappa shape index (κ3) is 0.971. The summed E-state index contributed by atoms with van der Waals surface area (Å²) in [6.45, 7) is 0. The van der Waals surface area contributed by atoms with Gasteiger partial charge in [-0.2, -0.15) is 11.2 Å². The average Bonchev–Trinajstić information content (AvgIpc) is 1.76. The van der Waals surface area contributed by atoms with Gasteiger partial charge in [-0.1, -0.05) is 6.04 Å². The summed E-state index contributed by atoms with van der Waals surface area (Å²) in [5, 5.41) is 0. The smallest absolute Gasteiger partial charge is 0.122 e. The fourth-order valence-corrected chi connectivity index (χ4v) is 3.25. The highest BCUT2D eigenvalue weighted by molar-refractivity contribution is 8.22. The molecule has 1 aliphatic rings. The van der Waals surface area contributed by atoms with Gasteiger partial charge in [0.2, 0.25) is 0 Å². The van der Waals surface area contributed by atoms with E-state index >= 15 is 0 Å². The van der Waals surface area contributed by atoms with Crippen LogP contribution in [0.4, 0.5) is 0 Å². The SMILES string of the molecule is C1C[Si]SC1. The first-order valence-corrected chi connectivity index (χ1v) is 4.76. The lowest BCUT2D eigenvalue weighted by molar-refractivity contribution is 1.12. The monoisotopic (exact) mass is 102 g/mol. The lowest BCUT2D eigenvalue weighted by Gasteiger charge is -1.69. The summed E-state index contributed by atoms with van der Waals surface area (Å²) in [6.07, 6.45) is 1.48. The van der Waals surface area contributed by atoms with E-state index in [1.807, 2.05) is 0 Å². The highest BCUT2D eigenvalue weighted by atomic mass is 32.4. The molecule has 0 spiro atoms. The van der Waals surface area contributed by atoms with Crippen LogP contribution < -0.4 is 0 Å². The average molecular weight is 102 g/mol. The Labute approximate surface area is 38.8 Å². The van der Waals surface area contributed by atoms with Crippen molar-refractivity contribution < 1.29 is 0 Å². The first-order valence-electron chi connectivity index (χ1n) is 1.85. The molecule has 5 heavy (non-hydrogen) atoms. The second kappa shape index (κ2) is 1.87. The second-order valence-electron chi connectivity index (χ2n) is 1.10. The van der Waals surface area contributed by atoms with Crippen LogP contribution in [0.1, 0.15) is 6.42 Å². The van der Waals surface area contributed by atoms with Gasteiger partial charge >= 0.3 is 0 Å². The van der Waals surface area contributed by atoms with Crippen molar-refractivity contribution in [3.05, 3.63) is 0 Å². The normalized spacial score (nSPS) is 24.0. The van der Waals surface area contributed by atoms with Crippen LogP contribution in [0.3, 0.4) is 0 Å². The maximum atomic E-state index is 2.10. The van der Waals surface area contributed by atoms with Gasteiger partial charge in [-0.05, 0) is 12.2 Å². The fraction of sp³-hybridized carbons (Fsp3) is 1.00. The Morgan fingerprint density at radius 3 is 2.80 bits per heavy atom. The van der Waals surface area contributed by atoms with Gasteiger partial charge in [0.05, 0.1) is 0 Å². The number of hydrogen-bond donors (Lipinski definition) is 0. The third-order valence-corrected chi connectivity index (χ3v) is 3.72. The second-order valence-corrected chi connectivity index (χ2v) is 4.31. The topological polar surface area (TPSA) is 0 Å². The van der Waals surface area contributed by atoms with Gasteiger partial charge < -0.3 is 0 Å². The molecule has 0 saturated carbocycles. The van der Waals surface area contributed by atoms with E-state index in [2.05, 4.69) is 11.2 Å². The molecule has 0 aromatic carbocycles. The predicted molar refractivity (Wildman–Crippen MR) is 27.6 cm³/mol. The van der Waals surface area contributed by atoms with Crippen LogP contribution in [0.2, 0.25) is 6.04 Å². The molecule has 2 heteroatoms. The summed E-state index contributed by atoms with van der Waals surface area (Å²) < 4.78 is 0. The van der Waals surface area contributed by atoms with Gasteiger partial charge in [-0.25, -0.2) is 0 Å². The van der Waals surface area contributed by atoms with E-state index in [-0.39, 0.29) is 0 Å². The predicted octanol–water partition coefficient (Wildman–Crippen LogP) is 1.16. The molecule has 2 radical (unpaired) electrons. The van der Waals surface area contributed by atoms with Crippen LogP contribution in [-0.4, -0.2) is 14.4 Å². The standard InChI is InChI=1S/C3H6SSi/c1-2-4-5-3-1/h1-3H2. The Morgan fingerprint density at radius 2 is 2.60 bits per heavy atom. The summed E-state index contributed by atoms with van der Waals surface area (Å²) in [5.74, 6) is 1.43. The van der Waals surface area contributed by atoms with E-state index in [1.54, 1.807) is 0 Å². The van der Waals surface area contributed by atoms with E-state index in [4.69, 9.17) is 0 Å². The molecule has 1 aliphatic heterocycles. The summed E-state index contributed by atoms with van der Waals surface area (Å²) in [4.78, 5) is 0. The Hall–Kier alpha value is 0.567. The molecule has 28 valence electrons. The van der Waals surface area contributed by atoms with E-state index in [0.717, 1.165) is 0 Å². The summed E-state index contributed by atoms with van der Waals surface area (Å²) in [5.41, 5.74) is 0. The molecule has 0 aliphatic carbocycles. The molecule has 0 unspecified atom stereocenters. The molecular weight excluding hydrogens is 96.2 g/mol. The first kappa shape index (κ1) is 3.75. The molecule has 1 heterocycles. The Bertz CT molecular complexity index is 18.5. The Kier molecular flexibility index (Phi) is 1.40. The van der Waals surface area contributed by atoms with Crippen molar-refractivity contribution >= 4 is 19.9 Å². The molecule has 0 N–H and O–H groups in total. The Morgan fingerprint density at radius 1 is 1.60 bits per heavy atom. The van der Waals surface area contributed by atoms with Gasteiger partial charge in [-0.3, -0.25) is 0 Å². The fourth-order valence-electron chi connectivity index (χ4n) is 0.361. The molecule has 0 aromatic heterocycles. The molecule has 0 nitrogen and oxygen atoms in total. The zero-order chi connectivity index (χ0) is 3.54. The summed E-state index contributed by atoms with van der Waals surface area (Å²) in [7, 11) is 1.23. The first-order chi connectivity index (χ1) is 2.50. The minimum atomic E-state index is 1.23. The van der Waals surface area contributed by atoms with Crippen LogP contribution in [0.15, 0.2) is 0 Å². The van der Waals surface area contributed by atoms with Crippen LogP contribution in [0.5, 0.6) is 0 Å². The van der Waals surface area contributed by atoms with Crippen molar-refractivity contribution in [2.75, 3.05) is 5.75 Å². The van der Waals surface area contributed by atoms with Gasteiger partial charge in [0, 0.05) is 0 Å². The quantitative estimate of drug-likeness (QED) is 0.414. The highest BCUT2D eigenvalue weighted by Gasteiger charge is 1.97. The number of rotatable bonds is 0. The van der Waals surface area contributed by atoms with Crippen LogP contribution in [0.25, 0.3) is 0 Å². The molecule has 1 rings (SSSR count). The van der Waals surface area contributed by atoms with E-state index in [9.17, 15) is 0 Å². The van der Waals surface area contributed by atoms with E-state index in [0.29, 0.717) is 0 Å². The van der Waals surface area contributed by atoms with Crippen molar-refractivity contribution in [3.8, 4) is 0 Å². The van der Waals surface area contributed by atoms with Crippen molar-refractivity contribution in [1.82, 2.24) is 0 Å². The maximum Gasteiger partial charge on any atom is 0.122 e. The van der Waals surface area contributed by atoms with E-state index < -0.39 is 0 Å².